The maximum absolute atomic E-state index is 12.0. The van der Waals surface area contributed by atoms with Crippen molar-refractivity contribution in [1.29, 1.82) is 5.26 Å². The number of piperidine rings is 1. The van der Waals surface area contributed by atoms with Gasteiger partial charge in [0, 0.05) is 39.1 Å². The summed E-state index contributed by atoms with van der Waals surface area (Å²) in [6, 6.07) is 1.82. The molecule has 0 spiro atoms. The van der Waals surface area contributed by atoms with Gasteiger partial charge in [0.25, 0.3) is 10.2 Å². The van der Waals surface area contributed by atoms with E-state index in [4.69, 9.17) is 5.26 Å². The number of likely N-dealkylation sites (tertiary alicyclic amines) is 1. The number of rotatable bonds is 7. The number of hydrogen-bond acceptors (Lipinski definition) is 4. The summed E-state index contributed by atoms with van der Waals surface area (Å²) in [7, 11) is -2.00. The second-order valence-corrected chi connectivity index (χ2v) is 7.57. The van der Waals surface area contributed by atoms with Gasteiger partial charge < -0.3 is 4.90 Å². The maximum Gasteiger partial charge on any atom is 0.279 e. The molecule has 0 bridgehead atoms. The molecular formula is C13H26N4O2S. The first-order valence-corrected chi connectivity index (χ1v) is 8.62. The van der Waals surface area contributed by atoms with Gasteiger partial charge in [-0.3, -0.25) is 0 Å². The van der Waals surface area contributed by atoms with Crippen molar-refractivity contribution in [3.63, 3.8) is 0 Å². The lowest BCUT2D eigenvalue weighted by atomic mass is 10.00. The minimum Gasteiger partial charge on any atom is -0.301 e. The third-order valence-corrected chi connectivity index (χ3v) is 5.28. The van der Waals surface area contributed by atoms with Crippen LogP contribution in [0.5, 0.6) is 0 Å². The molecule has 7 heteroatoms. The molecular weight excluding hydrogens is 276 g/mol. The molecule has 0 aromatic heterocycles. The Bertz CT molecular complexity index is 432. The van der Waals surface area contributed by atoms with Crippen LogP contribution in [0.1, 0.15) is 33.1 Å². The van der Waals surface area contributed by atoms with Gasteiger partial charge in [0.05, 0.1) is 6.07 Å². The van der Waals surface area contributed by atoms with Gasteiger partial charge in [0.1, 0.15) is 0 Å². The predicted molar refractivity (Wildman–Crippen MR) is 79.2 cm³/mol. The number of hydrogen-bond donors (Lipinski definition) is 1. The molecule has 1 aliphatic rings. The molecule has 20 heavy (non-hydrogen) atoms. The van der Waals surface area contributed by atoms with Gasteiger partial charge in [-0.1, -0.05) is 6.92 Å². The van der Waals surface area contributed by atoms with Gasteiger partial charge in [0.2, 0.25) is 0 Å². The summed E-state index contributed by atoms with van der Waals surface area (Å²) in [6.45, 7) is 7.15. The summed E-state index contributed by atoms with van der Waals surface area (Å²) in [4.78, 5) is 2.32. The van der Waals surface area contributed by atoms with Crippen LogP contribution < -0.4 is 4.72 Å². The minimum absolute atomic E-state index is 0.130. The molecule has 0 aromatic carbocycles. The number of nitriles is 1. The summed E-state index contributed by atoms with van der Waals surface area (Å²) < 4.78 is 28.0. The fourth-order valence-corrected chi connectivity index (χ4v) is 3.64. The average molecular weight is 302 g/mol. The molecule has 0 radical (unpaired) electrons. The monoisotopic (exact) mass is 302 g/mol. The summed E-state index contributed by atoms with van der Waals surface area (Å²) in [5.41, 5.74) is 0. The standard InChI is InChI=1S/C13H26N4O2S/c1-12-6-4-9-17(10-12)11-13(2)15-20(18,19)16(3)8-5-7-14/h12-13,15H,4-6,8-11H2,1-3H3/t12-,13+/m0/s1. The third kappa shape index (κ3) is 5.75. The van der Waals surface area contributed by atoms with Crippen LogP contribution in [0.15, 0.2) is 0 Å². The van der Waals surface area contributed by atoms with Gasteiger partial charge in [-0.25, -0.2) is 0 Å². The first kappa shape index (κ1) is 17.4. The van der Waals surface area contributed by atoms with E-state index in [-0.39, 0.29) is 19.0 Å². The van der Waals surface area contributed by atoms with Crippen LogP contribution in [-0.4, -0.2) is 56.9 Å². The van der Waals surface area contributed by atoms with E-state index < -0.39 is 10.2 Å². The predicted octanol–water partition coefficient (Wildman–Crippen LogP) is 0.787. The molecule has 1 heterocycles. The Balaban J connectivity index is 2.44. The van der Waals surface area contributed by atoms with E-state index in [1.54, 1.807) is 0 Å². The van der Waals surface area contributed by atoms with E-state index in [9.17, 15) is 8.42 Å². The van der Waals surface area contributed by atoms with Crippen LogP contribution >= 0.6 is 0 Å². The lowest BCUT2D eigenvalue weighted by Gasteiger charge is -2.33. The first-order valence-electron chi connectivity index (χ1n) is 7.18. The molecule has 1 saturated heterocycles. The van der Waals surface area contributed by atoms with E-state index in [0.29, 0.717) is 5.92 Å². The Hall–Kier alpha value is -0.680. The Kier molecular flexibility index (Phi) is 6.89. The van der Waals surface area contributed by atoms with Crippen LogP contribution in [0, 0.1) is 17.2 Å². The molecule has 0 aromatic rings. The van der Waals surface area contributed by atoms with E-state index in [2.05, 4.69) is 16.5 Å². The molecule has 1 rings (SSSR count). The highest BCUT2D eigenvalue weighted by Gasteiger charge is 2.23. The Morgan fingerprint density at radius 1 is 1.55 bits per heavy atom. The maximum atomic E-state index is 12.0. The van der Waals surface area contributed by atoms with Gasteiger partial charge in [0.15, 0.2) is 0 Å². The first-order chi connectivity index (χ1) is 9.35. The van der Waals surface area contributed by atoms with Crippen molar-refractivity contribution in [2.75, 3.05) is 33.2 Å². The summed E-state index contributed by atoms with van der Waals surface area (Å²) in [5.74, 6) is 0.686. The molecule has 0 aliphatic carbocycles. The summed E-state index contributed by atoms with van der Waals surface area (Å²) in [6.07, 6.45) is 2.64. The second-order valence-electron chi connectivity index (χ2n) is 5.76. The zero-order valence-corrected chi connectivity index (χ0v) is 13.5. The van der Waals surface area contributed by atoms with Crippen molar-refractivity contribution in [2.24, 2.45) is 5.92 Å². The van der Waals surface area contributed by atoms with Gasteiger partial charge >= 0.3 is 0 Å². The van der Waals surface area contributed by atoms with Crippen molar-refractivity contribution in [2.45, 2.75) is 39.2 Å². The molecule has 1 aliphatic heterocycles. The third-order valence-electron chi connectivity index (χ3n) is 3.57. The highest BCUT2D eigenvalue weighted by Crippen LogP contribution is 2.15. The van der Waals surface area contributed by atoms with Crippen LogP contribution in [0.4, 0.5) is 0 Å². The fourth-order valence-electron chi connectivity index (χ4n) is 2.55. The normalized spacial score (nSPS) is 22.6. The van der Waals surface area contributed by atoms with E-state index >= 15 is 0 Å². The second kappa shape index (κ2) is 7.93. The lowest BCUT2D eigenvalue weighted by molar-refractivity contribution is 0.174. The molecule has 0 saturated carbocycles. The lowest BCUT2D eigenvalue weighted by Crippen LogP contribution is -2.48. The van der Waals surface area contributed by atoms with Crippen LogP contribution in [0.25, 0.3) is 0 Å². The molecule has 2 atom stereocenters. The van der Waals surface area contributed by atoms with Crippen LogP contribution in [-0.2, 0) is 10.2 Å². The number of nitrogens with zero attached hydrogens (tertiary/aromatic N) is 3. The van der Waals surface area contributed by atoms with E-state index in [1.807, 2.05) is 13.0 Å². The minimum atomic E-state index is -3.49. The van der Waals surface area contributed by atoms with Gasteiger partial charge in [-0.15, -0.1) is 0 Å². The Labute approximate surface area is 122 Å². The SMILES string of the molecule is C[C@H]1CCCN(C[C@@H](C)NS(=O)(=O)N(C)CCC#N)C1. The van der Waals surface area contributed by atoms with Crippen molar-refractivity contribution in [1.82, 2.24) is 13.9 Å². The van der Waals surface area contributed by atoms with Crippen LogP contribution in [0.3, 0.4) is 0 Å². The molecule has 1 fully saturated rings. The van der Waals surface area contributed by atoms with E-state index in [0.717, 1.165) is 19.6 Å². The quantitative estimate of drug-likeness (QED) is 0.754. The highest BCUT2D eigenvalue weighted by atomic mass is 32.2. The Morgan fingerprint density at radius 3 is 2.85 bits per heavy atom. The molecule has 1 N–H and O–H groups in total. The fraction of sp³-hybridized carbons (Fsp3) is 0.923. The largest absolute Gasteiger partial charge is 0.301 e. The van der Waals surface area contributed by atoms with Crippen molar-refractivity contribution < 1.29 is 8.42 Å². The van der Waals surface area contributed by atoms with Crippen molar-refractivity contribution in [3.05, 3.63) is 0 Å². The zero-order valence-electron chi connectivity index (χ0n) is 12.7. The summed E-state index contributed by atoms with van der Waals surface area (Å²) in [5, 5.41) is 8.51. The molecule has 0 amide bonds. The highest BCUT2D eigenvalue weighted by molar-refractivity contribution is 7.87. The van der Waals surface area contributed by atoms with E-state index in [1.165, 1.54) is 24.2 Å². The number of nitrogens with one attached hydrogen (secondary N) is 1. The zero-order chi connectivity index (χ0) is 15.2. The molecule has 0 unspecified atom stereocenters. The van der Waals surface area contributed by atoms with Gasteiger partial charge in [-0.2, -0.15) is 22.7 Å². The van der Waals surface area contributed by atoms with Crippen LogP contribution in [0.2, 0.25) is 0 Å². The van der Waals surface area contributed by atoms with Crippen molar-refractivity contribution >= 4 is 10.2 Å². The smallest absolute Gasteiger partial charge is 0.279 e. The Morgan fingerprint density at radius 2 is 2.25 bits per heavy atom. The molecule has 116 valence electrons. The molecule has 6 nitrogen and oxygen atoms in total. The summed E-state index contributed by atoms with van der Waals surface area (Å²) >= 11 is 0. The average Bonchev–Trinajstić information content (AvgIpc) is 2.34. The topological polar surface area (TPSA) is 76.4 Å². The van der Waals surface area contributed by atoms with Gasteiger partial charge in [-0.05, 0) is 32.2 Å². The van der Waals surface area contributed by atoms with Crippen molar-refractivity contribution in [3.8, 4) is 6.07 Å².